The number of esters is 4. The maximum Gasteiger partial charge on any atom is 0.490 e. The van der Waals surface area contributed by atoms with E-state index < -0.39 is 92.5 Å². The Morgan fingerprint density at radius 1 is 0.614 bits per heavy atom. The molecule has 1 aromatic rings. The van der Waals surface area contributed by atoms with Gasteiger partial charge in [-0.2, -0.15) is 52.7 Å². The van der Waals surface area contributed by atoms with Gasteiger partial charge in [-0.15, -0.1) is 0 Å². The van der Waals surface area contributed by atoms with Crippen LogP contribution >= 0.6 is 0 Å². The molecule has 0 N–H and O–H groups in total. The third-order valence-electron chi connectivity index (χ3n) is 5.14. The lowest BCUT2D eigenvalue weighted by atomic mass is 9.98. The fourth-order valence-electron chi connectivity index (χ4n) is 3.30. The molecule has 44 heavy (non-hydrogen) atoms. The predicted molar refractivity (Wildman–Crippen MR) is 110 cm³/mol. The predicted octanol–water partition coefficient (Wildman–Crippen LogP) is 3.50. The van der Waals surface area contributed by atoms with Crippen LogP contribution in [-0.2, 0) is 54.0 Å². The summed E-state index contributed by atoms with van der Waals surface area (Å²) in [7, 11) is 0. The lowest BCUT2D eigenvalue weighted by Crippen LogP contribution is -2.64. The lowest BCUT2D eigenvalue weighted by Gasteiger charge is -2.44. The zero-order valence-corrected chi connectivity index (χ0v) is 21.0. The summed E-state index contributed by atoms with van der Waals surface area (Å²) in [6, 6.07) is 7.48. The number of hydrogen-bond donors (Lipinski definition) is 0. The number of halogens is 12. The Hall–Kier alpha value is -3.82. The highest BCUT2D eigenvalue weighted by Crippen LogP contribution is 2.34. The smallest absolute Gasteiger partial charge is 0.456 e. The molecular weight excluding hydrogens is 652 g/mol. The first kappa shape index (κ1) is 36.4. The molecular formula is C22H16F12O10. The van der Waals surface area contributed by atoms with Crippen LogP contribution in [0.25, 0.3) is 0 Å². The molecule has 0 aliphatic carbocycles. The molecule has 248 valence electrons. The van der Waals surface area contributed by atoms with Crippen molar-refractivity contribution in [2.45, 2.75) is 61.8 Å². The van der Waals surface area contributed by atoms with Gasteiger partial charge in [-0.1, -0.05) is 30.3 Å². The third kappa shape index (κ3) is 10.4. The standard InChI is InChI=1S/C22H16F12O10/c23-19(24,25)15(35)40-8-10-11(42-16(36)20(26,27)28)12(43-17(37)21(29,30)31)13(44-18(38)22(32,33)34)14(41-10)39-7-6-9-4-2-1-3-5-9/h1-5,10-14H,6-8H2/t10-,11-,12+,13-,14-/m0/s1. The van der Waals surface area contributed by atoms with Crippen LogP contribution in [0, 0.1) is 0 Å². The van der Waals surface area contributed by atoms with Gasteiger partial charge < -0.3 is 28.4 Å². The van der Waals surface area contributed by atoms with Gasteiger partial charge >= 0.3 is 48.6 Å². The number of alkyl halides is 12. The molecule has 22 heteroatoms. The average Bonchev–Trinajstić information content (AvgIpc) is 2.88. The second-order valence-corrected chi connectivity index (χ2v) is 8.35. The van der Waals surface area contributed by atoms with Crippen molar-refractivity contribution < 1.29 is 100 Å². The quantitative estimate of drug-likeness (QED) is 0.220. The van der Waals surface area contributed by atoms with Crippen LogP contribution < -0.4 is 0 Å². The van der Waals surface area contributed by atoms with E-state index in [0.717, 1.165) is 0 Å². The van der Waals surface area contributed by atoms with E-state index in [-0.39, 0.29) is 6.42 Å². The SMILES string of the molecule is O=C(OC[C@@H]1O[C@H](OCCc2ccccc2)[C@@H](OC(=O)C(F)(F)F)[C@H](OC(=O)C(F)(F)F)[C@H]1OC(=O)C(F)(F)F)C(F)(F)F. The Morgan fingerprint density at radius 2 is 1.05 bits per heavy atom. The van der Waals surface area contributed by atoms with E-state index in [9.17, 15) is 71.9 Å². The van der Waals surface area contributed by atoms with Gasteiger partial charge in [0, 0.05) is 0 Å². The van der Waals surface area contributed by atoms with Crippen molar-refractivity contribution in [1.29, 1.82) is 0 Å². The number of hydrogen-bond acceptors (Lipinski definition) is 10. The van der Waals surface area contributed by atoms with Crippen molar-refractivity contribution >= 4 is 23.9 Å². The van der Waals surface area contributed by atoms with E-state index >= 15 is 0 Å². The summed E-state index contributed by atoms with van der Waals surface area (Å²) in [6.07, 6.45) is -39.1. The third-order valence-corrected chi connectivity index (χ3v) is 5.14. The zero-order chi connectivity index (χ0) is 33.7. The van der Waals surface area contributed by atoms with E-state index in [1.165, 1.54) is 24.3 Å². The van der Waals surface area contributed by atoms with Crippen LogP contribution in [0.3, 0.4) is 0 Å². The summed E-state index contributed by atoms with van der Waals surface area (Å²) in [4.78, 5) is 45.9. The molecule has 1 aliphatic rings. The summed E-state index contributed by atoms with van der Waals surface area (Å²) < 4.78 is 180. The fourth-order valence-corrected chi connectivity index (χ4v) is 3.30. The highest BCUT2D eigenvalue weighted by molar-refractivity contribution is 5.78. The zero-order valence-electron chi connectivity index (χ0n) is 21.0. The van der Waals surface area contributed by atoms with Crippen LogP contribution in [0.15, 0.2) is 30.3 Å². The number of ether oxygens (including phenoxy) is 6. The first-order valence-corrected chi connectivity index (χ1v) is 11.4. The van der Waals surface area contributed by atoms with Gasteiger partial charge in [0.05, 0.1) is 6.61 Å². The van der Waals surface area contributed by atoms with E-state index in [1.807, 2.05) is 0 Å². The summed E-state index contributed by atoms with van der Waals surface area (Å²) in [5.41, 5.74) is 0.430. The van der Waals surface area contributed by atoms with Gasteiger partial charge in [-0.05, 0) is 12.0 Å². The summed E-state index contributed by atoms with van der Waals surface area (Å²) >= 11 is 0. The Morgan fingerprint density at radius 3 is 1.50 bits per heavy atom. The van der Waals surface area contributed by atoms with Gasteiger partial charge in [-0.3, -0.25) is 0 Å². The van der Waals surface area contributed by atoms with Crippen molar-refractivity contribution in [2.24, 2.45) is 0 Å². The van der Waals surface area contributed by atoms with Gasteiger partial charge in [0.15, 0.2) is 24.6 Å². The number of rotatable bonds is 9. The van der Waals surface area contributed by atoms with Crippen LogP contribution in [0.4, 0.5) is 52.7 Å². The minimum absolute atomic E-state index is 0.187. The summed E-state index contributed by atoms with van der Waals surface area (Å²) in [5.74, 6) is -13.0. The molecule has 1 aliphatic heterocycles. The second-order valence-electron chi connectivity index (χ2n) is 8.35. The molecule has 2 rings (SSSR count). The van der Waals surface area contributed by atoms with Gasteiger partial charge in [0.1, 0.15) is 12.7 Å². The van der Waals surface area contributed by atoms with Crippen LogP contribution in [-0.4, -0.2) is 92.5 Å². The molecule has 1 heterocycles. The highest BCUT2D eigenvalue weighted by atomic mass is 19.4. The van der Waals surface area contributed by atoms with Gasteiger partial charge in [0.2, 0.25) is 0 Å². The minimum atomic E-state index is -6.04. The largest absolute Gasteiger partial charge is 0.490 e. The molecule has 10 nitrogen and oxygen atoms in total. The Balaban J connectivity index is 2.60. The topological polar surface area (TPSA) is 124 Å². The summed E-state index contributed by atoms with van der Waals surface area (Å²) in [6.45, 7) is -2.62. The maximum atomic E-state index is 13.0. The molecule has 5 atom stereocenters. The normalized spacial score (nSPS) is 23.0. The van der Waals surface area contributed by atoms with E-state index in [4.69, 9.17) is 9.47 Å². The van der Waals surface area contributed by atoms with Crippen LogP contribution in [0.2, 0.25) is 0 Å². The molecule has 1 saturated heterocycles. The number of carbonyl (C=O) groups excluding carboxylic acids is 4. The molecule has 0 amide bonds. The Labute approximate surface area is 236 Å². The van der Waals surface area contributed by atoms with Crippen molar-refractivity contribution in [1.82, 2.24) is 0 Å². The van der Waals surface area contributed by atoms with E-state index in [0.29, 0.717) is 5.56 Å². The maximum absolute atomic E-state index is 13.0. The highest BCUT2D eigenvalue weighted by Gasteiger charge is 2.59. The monoisotopic (exact) mass is 668 g/mol. The summed E-state index contributed by atoms with van der Waals surface area (Å²) in [5, 5.41) is 0. The average molecular weight is 668 g/mol. The fraction of sp³-hybridized carbons (Fsp3) is 0.545. The molecule has 0 bridgehead atoms. The Bertz CT molecular complexity index is 1160. The molecule has 1 aromatic carbocycles. The van der Waals surface area contributed by atoms with Crippen molar-refractivity contribution in [3.05, 3.63) is 35.9 Å². The Kier molecular flexibility index (Phi) is 11.5. The molecule has 1 fully saturated rings. The van der Waals surface area contributed by atoms with Crippen molar-refractivity contribution in [3.63, 3.8) is 0 Å². The van der Waals surface area contributed by atoms with Crippen LogP contribution in [0.5, 0.6) is 0 Å². The first-order chi connectivity index (χ1) is 20.0. The molecule has 0 unspecified atom stereocenters. The first-order valence-electron chi connectivity index (χ1n) is 11.4. The molecule has 0 aromatic heterocycles. The number of benzene rings is 1. The number of carbonyl (C=O) groups is 4. The lowest BCUT2D eigenvalue weighted by molar-refractivity contribution is -0.321. The van der Waals surface area contributed by atoms with Crippen molar-refractivity contribution in [3.8, 4) is 0 Å². The van der Waals surface area contributed by atoms with E-state index in [2.05, 4.69) is 18.9 Å². The molecule has 0 spiro atoms. The van der Waals surface area contributed by atoms with Crippen molar-refractivity contribution in [2.75, 3.05) is 13.2 Å². The van der Waals surface area contributed by atoms with Gasteiger partial charge in [0.25, 0.3) is 0 Å². The van der Waals surface area contributed by atoms with E-state index in [1.54, 1.807) is 6.07 Å². The molecule has 0 radical (unpaired) electrons. The molecule has 0 saturated carbocycles. The second kappa shape index (κ2) is 13.9. The van der Waals surface area contributed by atoms with Gasteiger partial charge in [-0.25, -0.2) is 19.2 Å². The minimum Gasteiger partial charge on any atom is -0.456 e. The van der Waals surface area contributed by atoms with Crippen LogP contribution in [0.1, 0.15) is 5.56 Å².